The lowest BCUT2D eigenvalue weighted by atomic mass is 10.1. The summed E-state index contributed by atoms with van der Waals surface area (Å²) in [5.41, 5.74) is 10.4. The lowest BCUT2D eigenvalue weighted by Crippen LogP contribution is -2.58. The van der Waals surface area contributed by atoms with Crippen molar-refractivity contribution < 1.29 is 29.1 Å². The molecule has 0 fully saturated rings. The molecule has 0 saturated carbocycles. The first-order chi connectivity index (χ1) is 12.5. The lowest BCUT2D eigenvalue weighted by molar-refractivity contribution is -0.142. The predicted molar refractivity (Wildman–Crippen MR) is 103 cm³/mol. The Kier molecular flexibility index (Phi) is 11.5. The second-order valence-electron chi connectivity index (χ2n) is 5.68. The van der Waals surface area contributed by atoms with Crippen molar-refractivity contribution in [1.29, 1.82) is 0 Å². The van der Waals surface area contributed by atoms with E-state index in [1.165, 1.54) is 6.92 Å². The highest BCUT2D eigenvalue weighted by atomic mass is 32.1. The number of amides is 4. The fourth-order valence-electron chi connectivity index (χ4n) is 1.78. The molecule has 0 aromatic rings. The summed E-state index contributed by atoms with van der Waals surface area (Å²) >= 11 is 7.94. The number of carbonyl (C=O) groups excluding carboxylic acids is 4. The number of carboxylic acid groups (broad SMARTS) is 1. The van der Waals surface area contributed by atoms with Crippen LogP contribution in [0.5, 0.6) is 0 Å². The highest BCUT2D eigenvalue weighted by molar-refractivity contribution is 7.80. The van der Waals surface area contributed by atoms with Crippen LogP contribution in [0.3, 0.4) is 0 Å². The van der Waals surface area contributed by atoms with Gasteiger partial charge in [0, 0.05) is 17.9 Å². The SMILES string of the molecule is CC(N)C(=O)NC(CS)C(=O)NC(CS)C(=O)NC(CCC(N)=O)C(=O)O. The summed E-state index contributed by atoms with van der Waals surface area (Å²) in [5.74, 6) is -4.36. The van der Waals surface area contributed by atoms with Crippen LogP contribution in [0.25, 0.3) is 0 Å². The van der Waals surface area contributed by atoms with Gasteiger partial charge in [-0.05, 0) is 13.3 Å². The molecular weight excluding hydrogens is 398 g/mol. The van der Waals surface area contributed by atoms with Crippen molar-refractivity contribution in [2.45, 2.75) is 43.9 Å². The summed E-state index contributed by atoms with van der Waals surface area (Å²) in [5, 5.41) is 16.0. The third kappa shape index (κ3) is 9.49. The van der Waals surface area contributed by atoms with E-state index >= 15 is 0 Å². The van der Waals surface area contributed by atoms with Gasteiger partial charge in [0.25, 0.3) is 0 Å². The molecule has 0 bridgehead atoms. The minimum Gasteiger partial charge on any atom is -0.480 e. The van der Waals surface area contributed by atoms with Crippen LogP contribution in [-0.4, -0.2) is 70.4 Å². The minimum atomic E-state index is -1.36. The van der Waals surface area contributed by atoms with Crippen molar-refractivity contribution in [2.75, 3.05) is 11.5 Å². The van der Waals surface area contributed by atoms with E-state index in [-0.39, 0.29) is 24.3 Å². The van der Waals surface area contributed by atoms with Crippen LogP contribution in [0.1, 0.15) is 19.8 Å². The molecule has 13 heteroatoms. The van der Waals surface area contributed by atoms with Crippen LogP contribution in [-0.2, 0) is 24.0 Å². The van der Waals surface area contributed by atoms with Crippen LogP contribution in [0, 0.1) is 0 Å². The van der Waals surface area contributed by atoms with Gasteiger partial charge in [-0.2, -0.15) is 25.3 Å². The summed E-state index contributed by atoms with van der Waals surface area (Å²) in [7, 11) is 0. The molecule has 0 aliphatic rings. The average Bonchev–Trinajstić information content (AvgIpc) is 2.59. The smallest absolute Gasteiger partial charge is 0.326 e. The van der Waals surface area contributed by atoms with Crippen LogP contribution in [0.2, 0.25) is 0 Å². The van der Waals surface area contributed by atoms with E-state index in [1.54, 1.807) is 0 Å². The molecule has 0 rings (SSSR count). The quantitative estimate of drug-likeness (QED) is 0.153. The molecule has 154 valence electrons. The maximum atomic E-state index is 12.2. The maximum Gasteiger partial charge on any atom is 0.326 e. The van der Waals surface area contributed by atoms with Crippen molar-refractivity contribution in [3.8, 4) is 0 Å². The fraction of sp³-hybridized carbons (Fsp3) is 0.643. The van der Waals surface area contributed by atoms with E-state index in [0.717, 1.165) is 0 Å². The van der Waals surface area contributed by atoms with Gasteiger partial charge in [0.1, 0.15) is 18.1 Å². The number of thiol groups is 2. The molecule has 0 saturated heterocycles. The number of hydrogen-bond donors (Lipinski definition) is 8. The molecule has 4 atom stereocenters. The first-order valence-electron chi connectivity index (χ1n) is 7.93. The van der Waals surface area contributed by atoms with Crippen molar-refractivity contribution >= 4 is 54.9 Å². The normalized spacial score (nSPS) is 15.0. The first kappa shape index (κ1) is 25.0. The number of nitrogens with one attached hydrogen (secondary N) is 3. The number of nitrogens with two attached hydrogens (primary N) is 2. The second kappa shape index (κ2) is 12.4. The number of rotatable bonds is 12. The zero-order chi connectivity index (χ0) is 21.1. The monoisotopic (exact) mass is 423 g/mol. The Hall–Kier alpha value is -1.99. The number of carboxylic acids is 1. The Morgan fingerprint density at radius 2 is 1.30 bits per heavy atom. The van der Waals surface area contributed by atoms with Gasteiger partial charge < -0.3 is 32.5 Å². The molecule has 0 aliphatic heterocycles. The van der Waals surface area contributed by atoms with E-state index in [1.807, 2.05) is 0 Å². The molecule has 0 spiro atoms. The zero-order valence-corrected chi connectivity index (χ0v) is 16.5. The maximum absolute atomic E-state index is 12.2. The van der Waals surface area contributed by atoms with Crippen LogP contribution in [0.15, 0.2) is 0 Å². The van der Waals surface area contributed by atoms with Gasteiger partial charge in [-0.15, -0.1) is 0 Å². The molecule has 4 unspecified atom stereocenters. The summed E-state index contributed by atoms with van der Waals surface area (Å²) in [6, 6.07) is -4.42. The van der Waals surface area contributed by atoms with Gasteiger partial charge in [0.05, 0.1) is 6.04 Å². The van der Waals surface area contributed by atoms with E-state index in [2.05, 4.69) is 41.2 Å². The topological polar surface area (TPSA) is 194 Å². The van der Waals surface area contributed by atoms with E-state index < -0.39 is 53.8 Å². The van der Waals surface area contributed by atoms with Gasteiger partial charge in [-0.25, -0.2) is 4.79 Å². The van der Waals surface area contributed by atoms with Crippen molar-refractivity contribution in [3.63, 3.8) is 0 Å². The van der Waals surface area contributed by atoms with Gasteiger partial charge in [0.15, 0.2) is 0 Å². The van der Waals surface area contributed by atoms with E-state index in [4.69, 9.17) is 16.6 Å². The molecule has 8 N–H and O–H groups in total. The highest BCUT2D eigenvalue weighted by Crippen LogP contribution is 2.00. The second-order valence-corrected chi connectivity index (χ2v) is 6.41. The Balaban J connectivity index is 4.94. The van der Waals surface area contributed by atoms with E-state index in [9.17, 15) is 24.0 Å². The highest BCUT2D eigenvalue weighted by Gasteiger charge is 2.28. The molecule has 0 radical (unpaired) electrons. The number of primary amides is 1. The van der Waals surface area contributed by atoms with Crippen molar-refractivity contribution in [3.05, 3.63) is 0 Å². The summed E-state index contributed by atoms with van der Waals surface area (Å²) in [6.45, 7) is 1.44. The number of carbonyl (C=O) groups is 5. The molecule has 0 aromatic carbocycles. The largest absolute Gasteiger partial charge is 0.480 e. The molecule has 4 amide bonds. The molecule has 27 heavy (non-hydrogen) atoms. The van der Waals surface area contributed by atoms with Gasteiger partial charge in [0.2, 0.25) is 23.6 Å². The summed E-state index contributed by atoms with van der Waals surface area (Å²) in [4.78, 5) is 58.0. The third-order valence-corrected chi connectivity index (χ3v) is 4.07. The molecule has 0 aromatic heterocycles. The van der Waals surface area contributed by atoms with E-state index in [0.29, 0.717) is 0 Å². The van der Waals surface area contributed by atoms with Crippen molar-refractivity contribution in [2.24, 2.45) is 11.5 Å². The van der Waals surface area contributed by atoms with Crippen LogP contribution in [0.4, 0.5) is 0 Å². The van der Waals surface area contributed by atoms with Crippen LogP contribution >= 0.6 is 25.3 Å². The lowest BCUT2D eigenvalue weighted by Gasteiger charge is -2.23. The van der Waals surface area contributed by atoms with Crippen LogP contribution < -0.4 is 27.4 Å². The summed E-state index contributed by atoms with van der Waals surface area (Å²) < 4.78 is 0. The average molecular weight is 424 g/mol. The fourth-order valence-corrected chi connectivity index (χ4v) is 2.29. The summed E-state index contributed by atoms with van der Waals surface area (Å²) in [6.07, 6.45) is -0.437. The zero-order valence-electron chi connectivity index (χ0n) is 14.7. The molecule has 11 nitrogen and oxygen atoms in total. The number of hydrogen-bond acceptors (Lipinski definition) is 8. The Bertz CT molecular complexity index is 574. The Morgan fingerprint density at radius 3 is 1.63 bits per heavy atom. The van der Waals surface area contributed by atoms with Crippen molar-refractivity contribution in [1.82, 2.24) is 16.0 Å². The number of aliphatic carboxylic acids is 1. The third-order valence-electron chi connectivity index (χ3n) is 3.34. The Morgan fingerprint density at radius 1 is 0.889 bits per heavy atom. The Labute approximate surface area is 167 Å². The predicted octanol–water partition coefficient (Wildman–Crippen LogP) is -3.00. The first-order valence-corrected chi connectivity index (χ1v) is 9.19. The minimum absolute atomic E-state index is 0.0540. The molecule has 0 heterocycles. The molecular formula is C14H25N5O6S2. The van der Waals surface area contributed by atoms with Gasteiger partial charge >= 0.3 is 5.97 Å². The van der Waals surface area contributed by atoms with Gasteiger partial charge in [-0.3, -0.25) is 19.2 Å². The standard InChI is InChI=1S/C14H25N5O6S2/c1-6(15)11(21)18-8(4-26)13(23)19-9(5-27)12(22)17-7(14(24)25)2-3-10(16)20/h6-9,26-27H,2-5,15H2,1H3,(H2,16,20)(H,17,22)(H,18,21)(H,19,23)(H,24,25). The van der Waals surface area contributed by atoms with Gasteiger partial charge in [-0.1, -0.05) is 0 Å². The molecule has 0 aliphatic carbocycles.